The Bertz CT molecular complexity index is 1180. The number of benzene rings is 1. The van der Waals surface area contributed by atoms with Crippen LogP contribution in [-0.2, 0) is 11.2 Å². The minimum atomic E-state index is -0.642. The van der Waals surface area contributed by atoms with Gasteiger partial charge in [0.25, 0.3) is 0 Å². The lowest BCUT2D eigenvalue weighted by Crippen LogP contribution is -2.57. The molecule has 3 aliphatic rings. The molecule has 4 N–H and O–H groups in total. The standard InChI is InChI=1S/C30H43N3O5S/c1-29-13-12-25(35)30(2,17-34)24(29)16-23-27(20(29)15-26(36)31-18-8-6-5-7-9-18)33-28(39-23)32-21-14-19(37-3)10-11-22(21)38-4/h10-11,14,18,20,24-25,34-35H,5-9,12-13,15-17H2,1-4H3,(H,31,36)(H,32,33). The molecule has 0 saturated heterocycles. The van der Waals surface area contributed by atoms with Crippen LogP contribution in [0.1, 0.15) is 81.7 Å². The fourth-order valence-corrected chi connectivity index (χ4v) is 8.53. The fraction of sp³-hybridized carbons (Fsp3) is 0.667. The Morgan fingerprint density at radius 2 is 1.92 bits per heavy atom. The summed E-state index contributed by atoms with van der Waals surface area (Å²) >= 11 is 1.58. The second-order valence-electron chi connectivity index (χ2n) is 12.2. The molecule has 214 valence electrons. The number of hydrogen-bond donors (Lipinski definition) is 4. The van der Waals surface area contributed by atoms with Gasteiger partial charge >= 0.3 is 0 Å². The van der Waals surface area contributed by atoms with E-state index in [2.05, 4.69) is 17.6 Å². The van der Waals surface area contributed by atoms with E-state index >= 15 is 0 Å². The molecule has 1 aromatic carbocycles. The van der Waals surface area contributed by atoms with E-state index in [4.69, 9.17) is 14.5 Å². The molecule has 2 fully saturated rings. The highest BCUT2D eigenvalue weighted by Crippen LogP contribution is 2.63. The van der Waals surface area contributed by atoms with Crippen molar-refractivity contribution in [3.05, 3.63) is 28.8 Å². The maximum absolute atomic E-state index is 13.5. The lowest BCUT2D eigenvalue weighted by molar-refractivity contribution is -0.144. The molecular weight excluding hydrogens is 514 g/mol. The van der Waals surface area contributed by atoms with Gasteiger partial charge in [-0.05, 0) is 55.6 Å². The van der Waals surface area contributed by atoms with E-state index in [0.717, 1.165) is 47.1 Å². The Labute approximate surface area is 235 Å². The number of rotatable bonds is 8. The van der Waals surface area contributed by atoms with E-state index in [9.17, 15) is 15.0 Å². The molecule has 2 saturated carbocycles. The number of hydrogen-bond acceptors (Lipinski definition) is 8. The third-order valence-corrected chi connectivity index (χ3v) is 10.9. The van der Waals surface area contributed by atoms with Crippen LogP contribution in [0.4, 0.5) is 10.8 Å². The van der Waals surface area contributed by atoms with Crippen molar-refractivity contribution in [1.29, 1.82) is 0 Å². The van der Waals surface area contributed by atoms with E-state index in [1.807, 2.05) is 25.1 Å². The molecule has 0 bridgehead atoms. The van der Waals surface area contributed by atoms with Crippen LogP contribution in [-0.4, -0.2) is 54.1 Å². The first-order valence-corrected chi connectivity index (χ1v) is 15.1. The molecular formula is C30H43N3O5S. The van der Waals surface area contributed by atoms with Gasteiger partial charge in [-0.15, -0.1) is 11.3 Å². The molecule has 0 radical (unpaired) electrons. The van der Waals surface area contributed by atoms with Crippen LogP contribution in [0.3, 0.4) is 0 Å². The molecule has 5 atom stereocenters. The summed E-state index contributed by atoms with van der Waals surface area (Å²) in [5.74, 6) is 1.39. The van der Waals surface area contributed by atoms with Gasteiger partial charge in [-0.2, -0.15) is 0 Å². The molecule has 0 aliphatic heterocycles. The van der Waals surface area contributed by atoms with Crippen LogP contribution >= 0.6 is 11.3 Å². The molecule has 39 heavy (non-hydrogen) atoms. The molecule has 2 aromatic rings. The van der Waals surface area contributed by atoms with Crippen LogP contribution in [0.5, 0.6) is 11.5 Å². The fourth-order valence-electron chi connectivity index (χ4n) is 7.45. The smallest absolute Gasteiger partial charge is 0.220 e. The molecule has 3 aliphatic carbocycles. The second kappa shape index (κ2) is 11.3. The van der Waals surface area contributed by atoms with Crippen molar-refractivity contribution in [2.24, 2.45) is 16.7 Å². The van der Waals surface area contributed by atoms with Gasteiger partial charge in [-0.3, -0.25) is 4.79 Å². The Balaban J connectivity index is 1.50. The number of methoxy groups -OCH3 is 2. The predicted octanol–water partition coefficient (Wildman–Crippen LogP) is 5.16. The molecule has 1 heterocycles. The van der Waals surface area contributed by atoms with Crippen molar-refractivity contribution in [2.75, 3.05) is 26.1 Å². The van der Waals surface area contributed by atoms with Crippen LogP contribution in [0, 0.1) is 16.7 Å². The summed E-state index contributed by atoms with van der Waals surface area (Å²) in [6, 6.07) is 5.84. The second-order valence-corrected chi connectivity index (χ2v) is 13.2. The van der Waals surface area contributed by atoms with Gasteiger partial charge in [0.2, 0.25) is 5.91 Å². The van der Waals surface area contributed by atoms with Gasteiger partial charge in [-0.25, -0.2) is 4.98 Å². The highest BCUT2D eigenvalue weighted by molar-refractivity contribution is 7.15. The molecule has 5 unspecified atom stereocenters. The monoisotopic (exact) mass is 557 g/mol. The summed E-state index contributed by atoms with van der Waals surface area (Å²) in [6.07, 6.45) is 7.56. The molecule has 1 aromatic heterocycles. The Kier molecular flexibility index (Phi) is 8.13. The van der Waals surface area contributed by atoms with E-state index in [-0.39, 0.29) is 35.8 Å². The van der Waals surface area contributed by atoms with Gasteiger partial charge in [-0.1, -0.05) is 33.1 Å². The van der Waals surface area contributed by atoms with Crippen molar-refractivity contribution in [3.8, 4) is 11.5 Å². The van der Waals surface area contributed by atoms with Gasteiger partial charge in [0, 0.05) is 34.7 Å². The van der Waals surface area contributed by atoms with Crippen molar-refractivity contribution < 1.29 is 24.5 Å². The average Bonchev–Trinajstić information content (AvgIpc) is 3.34. The number of carbonyl (C=O) groups excluding carboxylic acids is 1. The van der Waals surface area contributed by atoms with E-state index in [0.29, 0.717) is 24.3 Å². The number of nitrogens with zero attached hydrogens (tertiary/aromatic N) is 1. The van der Waals surface area contributed by atoms with E-state index < -0.39 is 11.5 Å². The number of thiazole rings is 1. The van der Waals surface area contributed by atoms with Crippen molar-refractivity contribution in [2.45, 2.75) is 89.7 Å². The third kappa shape index (κ3) is 5.25. The molecule has 1 amide bonds. The number of carbonyl (C=O) groups is 1. The van der Waals surface area contributed by atoms with Crippen LogP contribution in [0.15, 0.2) is 18.2 Å². The van der Waals surface area contributed by atoms with E-state index in [1.165, 1.54) is 19.3 Å². The number of aliphatic hydroxyl groups is 2. The van der Waals surface area contributed by atoms with Gasteiger partial charge in [0.05, 0.1) is 38.3 Å². The summed E-state index contributed by atoms with van der Waals surface area (Å²) in [5.41, 5.74) is 0.815. The normalized spacial score (nSPS) is 30.7. The lowest BCUT2D eigenvalue weighted by atomic mass is 9.47. The maximum Gasteiger partial charge on any atom is 0.220 e. The Morgan fingerprint density at radius 3 is 2.62 bits per heavy atom. The van der Waals surface area contributed by atoms with Crippen molar-refractivity contribution in [3.63, 3.8) is 0 Å². The highest BCUT2D eigenvalue weighted by atomic mass is 32.1. The zero-order valence-electron chi connectivity index (χ0n) is 23.6. The predicted molar refractivity (Wildman–Crippen MR) is 153 cm³/mol. The summed E-state index contributed by atoms with van der Waals surface area (Å²) in [6.45, 7) is 4.16. The summed E-state index contributed by atoms with van der Waals surface area (Å²) < 4.78 is 11.0. The minimum Gasteiger partial charge on any atom is -0.497 e. The first kappa shape index (κ1) is 28.2. The van der Waals surface area contributed by atoms with Crippen LogP contribution < -0.4 is 20.1 Å². The van der Waals surface area contributed by atoms with Gasteiger partial charge in [0.1, 0.15) is 11.5 Å². The zero-order chi connectivity index (χ0) is 27.8. The van der Waals surface area contributed by atoms with Gasteiger partial charge in [0.15, 0.2) is 5.13 Å². The summed E-state index contributed by atoms with van der Waals surface area (Å²) in [5, 5.41) is 29.0. The lowest BCUT2D eigenvalue weighted by Gasteiger charge is -2.58. The third-order valence-electron chi connectivity index (χ3n) is 9.90. The number of nitrogens with one attached hydrogen (secondary N) is 2. The SMILES string of the molecule is COc1ccc(OC)c(Nc2nc3c(s2)CC2C(C)(CO)C(O)CCC2(C)C3CC(=O)NC2CCCCC2)c1. The number of fused-ring (bicyclic) bond motifs is 2. The topological polar surface area (TPSA) is 113 Å². The summed E-state index contributed by atoms with van der Waals surface area (Å²) in [4.78, 5) is 19.7. The van der Waals surface area contributed by atoms with Gasteiger partial charge < -0.3 is 30.3 Å². The van der Waals surface area contributed by atoms with E-state index in [1.54, 1.807) is 25.6 Å². The van der Waals surface area contributed by atoms with Crippen molar-refractivity contribution >= 4 is 28.1 Å². The van der Waals surface area contributed by atoms with Crippen molar-refractivity contribution in [1.82, 2.24) is 10.3 Å². The maximum atomic E-state index is 13.5. The number of amides is 1. The largest absolute Gasteiger partial charge is 0.497 e. The molecule has 9 heteroatoms. The highest BCUT2D eigenvalue weighted by Gasteiger charge is 2.59. The molecule has 5 rings (SSSR count). The molecule has 8 nitrogen and oxygen atoms in total. The first-order chi connectivity index (χ1) is 18.7. The number of ether oxygens (including phenoxy) is 2. The molecule has 0 spiro atoms. The summed E-state index contributed by atoms with van der Waals surface area (Å²) in [7, 11) is 3.26. The quantitative estimate of drug-likeness (QED) is 0.355. The number of aliphatic hydroxyl groups excluding tert-OH is 2. The van der Waals surface area contributed by atoms with Crippen LogP contribution in [0.2, 0.25) is 0 Å². The Hall–Kier alpha value is -2.36. The van der Waals surface area contributed by atoms with Crippen LogP contribution in [0.25, 0.3) is 0 Å². The first-order valence-electron chi connectivity index (χ1n) is 14.3. The zero-order valence-corrected chi connectivity index (χ0v) is 24.4. The average molecular weight is 558 g/mol. The number of anilines is 2. The minimum absolute atomic E-state index is 0.0263. The Morgan fingerprint density at radius 1 is 1.15 bits per heavy atom. The number of aromatic nitrogens is 1.